The van der Waals surface area contributed by atoms with Crippen molar-refractivity contribution in [1.29, 1.82) is 0 Å². The van der Waals surface area contributed by atoms with Gasteiger partial charge in [-0.15, -0.1) is 0 Å². The Kier molecular flexibility index (Phi) is 7.94. The molecule has 0 heterocycles. The number of amides is 1. The van der Waals surface area contributed by atoms with Gasteiger partial charge in [0.15, 0.2) is 0 Å². The first-order valence-corrected chi connectivity index (χ1v) is 12.9. The van der Waals surface area contributed by atoms with Gasteiger partial charge in [0.25, 0.3) is 15.9 Å². The molecule has 0 aliphatic carbocycles. The first-order valence-electron chi connectivity index (χ1n) is 11.4. The van der Waals surface area contributed by atoms with Gasteiger partial charge in [0.2, 0.25) is 0 Å². The molecule has 178 valence electrons. The summed E-state index contributed by atoms with van der Waals surface area (Å²) in [7, 11) is -3.92. The molecule has 0 bridgehead atoms. The van der Waals surface area contributed by atoms with Crippen LogP contribution in [0.1, 0.15) is 43.9 Å². The molecule has 0 radical (unpaired) electrons. The Hall–Kier alpha value is -3.38. The topological polar surface area (TPSA) is 75.3 Å². The summed E-state index contributed by atoms with van der Waals surface area (Å²) in [6.07, 6.45) is 2.18. The van der Waals surface area contributed by atoms with Gasteiger partial charge in [0.05, 0.1) is 4.90 Å². The molecule has 0 saturated carbocycles. The van der Waals surface area contributed by atoms with E-state index in [1.807, 2.05) is 26.8 Å². The van der Waals surface area contributed by atoms with E-state index in [9.17, 15) is 13.2 Å². The van der Waals surface area contributed by atoms with E-state index in [4.69, 9.17) is 0 Å². The maximum absolute atomic E-state index is 12.8. The van der Waals surface area contributed by atoms with Gasteiger partial charge < -0.3 is 5.32 Å². The van der Waals surface area contributed by atoms with Gasteiger partial charge in [-0.05, 0) is 92.3 Å². The number of hydrogen-bond donors (Lipinski definition) is 2. The number of benzene rings is 3. The van der Waals surface area contributed by atoms with E-state index in [1.165, 1.54) is 12.1 Å². The van der Waals surface area contributed by atoms with Crippen LogP contribution < -0.4 is 10.0 Å². The number of nitrogens with one attached hydrogen (secondary N) is 2. The van der Waals surface area contributed by atoms with E-state index in [1.54, 1.807) is 24.3 Å². The van der Waals surface area contributed by atoms with Crippen LogP contribution in [0.2, 0.25) is 0 Å². The van der Waals surface area contributed by atoms with Crippen LogP contribution in [-0.4, -0.2) is 20.4 Å². The lowest BCUT2D eigenvalue weighted by Gasteiger charge is -2.14. The predicted molar refractivity (Wildman–Crippen MR) is 140 cm³/mol. The highest BCUT2D eigenvalue weighted by atomic mass is 32.2. The zero-order valence-corrected chi connectivity index (χ0v) is 21.2. The normalized spacial score (nSPS) is 12.0. The maximum atomic E-state index is 12.8. The SMILES string of the molecule is CC/C(=C\c1cc(C)c(-c2ccc(NC(C)C)cc2)cc1C)C(=O)NS(=O)(=O)c1ccccc1. The number of sulfonamides is 1. The van der Waals surface area contributed by atoms with Gasteiger partial charge in [-0.25, -0.2) is 13.1 Å². The number of rotatable bonds is 8. The van der Waals surface area contributed by atoms with Crippen LogP contribution in [0.15, 0.2) is 77.2 Å². The molecule has 0 atom stereocenters. The minimum Gasteiger partial charge on any atom is -0.383 e. The lowest BCUT2D eigenvalue weighted by molar-refractivity contribution is -0.115. The molecule has 0 spiro atoms. The van der Waals surface area contributed by atoms with Crippen molar-refractivity contribution in [3.05, 3.63) is 89.0 Å². The second-order valence-electron chi connectivity index (χ2n) is 8.67. The van der Waals surface area contributed by atoms with Crippen molar-refractivity contribution in [2.24, 2.45) is 0 Å². The average Bonchev–Trinajstić information content (AvgIpc) is 2.79. The number of aryl methyl sites for hydroxylation is 2. The van der Waals surface area contributed by atoms with Crippen LogP contribution in [0.25, 0.3) is 17.2 Å². The van der Waals surface area contributed by atoms with E-state index in [2.05, 4.69) is 54.2 Å². The number of anilines is 1. The minimum atomic E-state index is -3.92. The second kappa shape index (κ2) is 10.7. The van der Waals surface area contributed by atoms with Crippen LogP contribution in [0, 0.1) is 13.8 Å². The standard InChI is InChI=1S/C28H32N2O3S/c1-6-22(28(31)30-34(32,33)26-10-8-7-9-11-26)18-24-16-21(5)27(17-20(24)4)23-12-14-25(15-13-23)29-19(2)3/h7-19,29H,6H2,1-5H3,(H,30,31)/b22-18+. The van der Waals surface area contributed by atoms with Gasteiger partial charge >= 0.3 is 0 Å². The molecular weight excluding hydrogens is 444 g/mol. The zero-order chi connectivity index (χ0) is 24.9. The Morgan fingerprint density at radius 1 is 0.941 bits per heavy atom. The Morgan fingerprint density at radius 2 is 1.59 bits per heavy atom. The summed E-state index contributed by atoms with van der Waals surface area (Å²) in [6, 6.07) is 20.8. The fourth-order valence-corrected chi connectivity index (χ4v) is 4.75. The molecule has 1 amide bonds. The molecule has 34 heavy (non-hydrogen) atoms. The number of carbonyl (C=O) groups excluding carboxylic acids is 1. The van der Waals surface area contributed by atoms with E-state index in [0.717, 1.165) is 33.5 Å². The predicted octanol–water partition coefficient (Wildman–Crippen LogP) is 6.09. The summed E-state index contributed by atoms with van der Waals surface area (Å²) >= 11 is 0. The molecule has 3 rings (SSSR count). The molecule has 5 nitrogen and oxygen atoms in total. The summed E-state index contributed by atoms with van der Waals surface area (Å²) in [4.78, 5) is 12.9. The average molecular weight is 477 g/mol. The van der Waals surface area contributed by atoms with Gasteiger partial charge in [0, 0.05) is 17.3 Å². The molecule has 0 unspecified atom stereocenters. The molecule has 3 aromatic rings. The smallest absolute Gasteiger partial charge is 0.264 e. The van der Waals surface area contributed by atoms with Crippen molar-refractivity contribution < 1.29 is 13.2 Å². The van der Waals surface area contributed by atoms with Gasteiger partial charge in [-0.3, -0.25) is 4.79 Å². The van der Waals surface area contributed by atoms with Crippen molar-refractivity contribution in [1.82, 2.24) is 4.72 Å². The van der Waals surface area contributed by atoms with E-state index in [-0.39, 0.29) is 4.90 Å². The van der Waals surface area contributed by atoms with Crippen molar-refractivity contribution in [2.75, 3.05) is 5.32 Å². The molecule has 0 fully saturated rings. The van der Waals surface area contributed by atoms with Crippen molar-refractivity contribution in [3.63, 3.8) is 0 Å². The molecular formula is C28H32N2O3S. The number of carbonyl (C=O) groups is 1. The summed E-state index contributed by atoms with van der Waals surface area (Å²) in [5.74, 6) is -0.610. The third-order valence-electron chi connectivity index (χ3n) is 5.55. The monoisotopic (exact) mass is 476 g/mol. The van der Waals surface area contributed by atoms with Gasteiger partial charge in [-0.2, -0.15) is 0 Å². The Bertz CT molecular complexity index is 1290. The molecule has 0 aromatic heterocycles. The third kappa shape index (κ3) is 6.14. The van der Waals surface area contributed by atoms with E-state index < -0.39 is 15.9 Å². The van der Waals surface area contributed by atoms with Crippen LogP contribution in [0.3, 0.4) is 0 Å². The fraction of sp³-hybridized carbons (Fsp3) is 0.250. The van der Waals surface area contributed by atoms with Crippen LogP contribution in [0.5, 0.6) is 0 Å². The number of hydrogen-bond acceptors (Lipinski definition) is 4. The van der Waals surface area contributed by atoms with Crippen LogP contribution in [0.4, 0.5) is 5.69 Å². The van der Waals surface area contributed by atoms with Crippen molar-refractivity contribution in [2.45, 2.75) is 52.0 Å². The Labute approximate surface area is 203 Å². The Balaban J connectivity index is 1.86. The molecule has 2 N–H and O–H groups in total. The van der Waals surface area contributed by atoms with Gasteiger partial charge in [0.1, 0.15) is 0 Å². The highest BCUT2D eigenvalue weighted by molar-refractivity contribution is 7.90. The lowest BCUT2D eigenvalue weighted by Crippen LogP contribution is -2.31. The maximum Gasteiger partial charge on any atom is 0.264 e. The van der Waals surface area contributed by atoms with Crippen LogP contribution in [-0.2, 0) is 14.8 Å². The lowest BCUT2D eigenvalue weighted by atomic mass is 9.93. The third-order valence-corrected chi connectivity index (χ3v) is 6.89. The zero-order valence-electron chi connectivity index (χ0n) is 20.3. The Morgan fingerprint density at radius 3 is 2.18 bits per heavy atom. The van der Waals surface area contributed by atoms with Crippen molar-refractivity contribution in [3.8, 4) is 11.1 Å². The molecule has 0 aliphatic heterocycles. The summed E-state index contributed by atoms with van der Waals surface area (Å²) < 4.78 is 27.3. The molecule has 0 saturated heterocycles. The van der Waals surface area contributed by atoms with Crippen LogP contribution >= 0.6 is 0 Å². The van der Waals surface area contributed by atoms with E-state index >= 15 is 0 Å². The van der Waals surface area contributed by atoms with E-state index in [0.29, 0.717) is 18.0 Å². The summed E-state index contributed by atoms with van der Waals surface area (Å²) in [5, 5.41) is 3.40. The summed E-state index contributed by atoms with van der Waals surface area (Å²) in [5.41, 5.74) is 6.70. The highest BCUT2D eigenvalue weighted by Crippen LogP contribution is 2.29. The fourth-order valence-electron chi connectivity index (χ4n) is 3.75. The second-order valence-corrected chi connectivity index (χ2v) is 10.4. The largest absolute Gasteiger partial charge is 0.383 e. The molecule has 3 aromatic carbocycles. The van der Waals surface area contributed by atoms with Crippen molar-refractivity contribution >= 4 is 27.7 Å². The first kappa shape index (κ1) is 25.2. The quantitative estimate of drug-likeness (QED) is 0.386. The molecule has 0 aliphatic rings. The summed E-state index contributed by atoms with van der Waals surface area (Å²) in [6.45, 7) is 10.1. The first-order chi connectivity index (χ1) is 16.1. The van der Waals surface area contributed by atoms with Gasteiger partial charge in [-0.1, -0.05) is 49.4 Å². The minimum absolute atomic E-state index is 0.0600. The molecule has 6 heteroatoms. The highest BCUT2D eigenvalue weighted by Gasteiger charge is 2.19.